The Morgan fingerprint density at radius 2 is 1.91 bits per heavy atom. The van der Waals surface area contributed by atoms with Crippen LogP contribution in [-0.4, -0.2) is 36.3 Å². The number of sulfone groups is 1. The van der Waals surface area contributed by atoms with E-state index in [0.717, 1.165) is 12.8 Å². The number of hydrogen-bond acceptors (Lipinski definition) is 3. The molecule has 0 unspecified atom stereocenters. The quantitative estimate of drug-likeness (QED) is 0.766. The van der Waals surface area contributed by atoms with Gasteiger partial charge < -0.3 is 4.90 Å². The Hall–Kier alpha value is -1.43. The number of nitrogens with zero attached hydrogens (tertiary/aromatic N) is 1. The molecule has 1 aliphatic carbocycles. The number of carbonyl (C=O) groups excluding carboxylic acids is 1. The van der Waals surface area contributed by atoms with Crippen LogP contribution >= 0.6 is 0 Å². The lowest BCUT2D eigenvalue weighted by molar-refractivity contribution is -0.133. The summed E-state index contributed by atoms with van der Waals surface area (Å²) in [7, 11) is -3.47. The zero-order chi connectivity index (χ0) is 17.2. The molecule has 1 aromatic carbocycles. The second kappa shape index (κ2) is 6.99. The van der Waals surface area contributed by atoms with Crippen molar-refractivity contribution in [2.24, 2.45) is 0 Å². The van der Waals surface area contributed by atoms with E-state index in [1.165, 1.54) is 13.0 Å². The minimum absolute atomic E-state index is 0.00745. The first-order valence-electron chi connectivity index (χ1n) is 8.07. The molecule has 1 saturated carbocycles. The molecule has 0 heterocycles. The van der Waals surface area contributed by atoms with Crippen molar-refractivity contribution < 1.29 is 17.6 Å². The maximum Gasteiger partial charge on any atom is 0.241 e. The molecular weight excluding hydrogens is 317 g/mol. The van der Waals surface area contributed by atoms with Gasteiger partial charge in [0.2, 0.25) is 5.91 Å². The topological polar surface area (TPSA) is 54.5 Å². The summed E-state index contributed by atoms with van der Waals surface area (Å²) in [4.78, 5) is 14.4. The summed E-state index contributed by atoms with van der Waals surface area (Å²) in [5.74, 6) is -0.800. The molecule has 0 N–H and O–H groups in total. The molecule has 1 aromatic rings. The first-order chi connectivity index (χ1) is 10.8. The van der Waals surface area contributed by atoms with Gasteiger partial charge in [-0.15, -0.1) is 0 Å². The van der Waals surface area contributed by atoms with Crippen LogP contribution in [0.5, 0.6) is 0 Å². The molecule has 2 rings (SSSR count). The van der Waals surface area contributed by atoms with Crippen molar-refractivity contribution in [1.82, 2.24) is 4.90 Å². The number of amides is 1. The van der Waals surface area contributed by atoms with E-state index >= 15 is 0 Å². The Morgan fingerprint density at radius 3 is 2.43 bits per heavy atom. The lowest BCUT2D eigenvalue weighted by Crippen LogP contribution is -2.44. The largest absolute Gasteiger partial charge is 0.332 e. The molecule has 1 aliphatic rings. The molecule has 0 radical (unpaired) electrons. The zero-order valence-corrected chi connectivity index (χ0v) is 14.6. The lowest BCUT2D eigenvalue weighted by atomic mass is 10.1. The van der Waals surface area contributed by atoms with Crippen LogP contribution in [0.1, 0.15) is 51.6 Å². The van der Waals surface area contributed by atoms with Crippen LogP contribution in [0.3, 0.4) is 0 Å². The van der Waals surface area contributed by atoms with E-state index in [1.54, 1.807) is 36.9 Å². The summed E-state index contributed by atoms with van der Waals surface area (Å²) in [5, 5.41) is -1.09. The Kier molecular flexibility index (Phi) is 5.45. The van der Waals surface area contributed by atoms with Gasteiger partial charge in [0, 0.05) is 11.6 Å². The smallest absolute Gasteiger partial charge is 0.241 e. The number of benzene rings is 1. The van der Waals surface area contributed by atoms with Crippen LogP contribution in [0.2, 0.25) is 0 Å². The number of halogens is 1. The van der Waals surface area contributed by atoms with Gasteiger partial charge in [-0.05, 0) is 39.2 Å². The molecule has 0 aliphatic heterocycles. The summed E-state index contributed by atoms with van der Waals surface area (Å²) < 4.78 is 38.5. The van der Waals surface area contributed by atoms with Crippen molar-refractivity contribution in [3.8, 4) is 0 Å². The third kappa shape index (κ3) is 3.91. The minimum Gasteiger partial charge on any atom is -0.332 e. The summed E-state index contributed by atoms with van der Waals surface area (Å²) in [6.07, 6.45) is 2.16. The molecule has 6 heteroatoms. The fourth-order valence-corrected chi connectivity index (χ4v) is 4.18. The maximum absolute atomic E-state index is 14.0. The third-order valence-corrected chi connectivity index (χ3v) is 6.60. The Labute approximate surface area is 137 Å². The van der Waals surface area contributed by atoms with E-state index in [1.807, 2.05) is 0 Å². The van der Waals surface area contributed by atoms with E-state index < -0.39 is 27.0 Å². The summed E-state index contributed by atoms with van der Waals surface area (Å²) in [6.45, 7) is 4.97. The van der Waals surface area contributed by atoms with E-state index in [9.17, 15) is 17.6 Å². The van der Waals surface area contributed by atoms with E-state index in [2.05, 4.69) is 0 Å². The van der Waals surface area contributed by atoms with Gasteiger partial charge in [-0.25, -0.2) is 12.8 Å². The number of hydrogen-bond donors (Lipinski definition) is 0. The van der Waals surface area contributed by atoms with Crippen LogP contribution in [0.15, 0.2) is 24.3 Å². The Morgan fingerprint density at radius 1 is 1.30 bits per heavy atom. The molecule has 2 atom stereocenters. The van der Waals surface area contributed by atoms with Gasteiger partial charge in [0.15, 0.2) is 9.84 Å². The van der Waals surface area contributed by atoms with Crippen molar-refractivity contribution in [3.63, 3.8) is 0 Å². The zero-order valence-electron chi connectivity index (χ0n) is 13.8. The number of rotatable bonds is 7. The highest BCUT2D eigenvalue weighted by Crippen LogP contribution is 2.36. The van der Waals surface area contributed by atoms with E-state index in [0.29, 0.717) is 12.0 Å². The van der Waals surface area contributed by atoms with Gasteiger partial charge in [-0.3, -0.25) is 4.79 Å². The predicted molar refractivity (Wildman–Crippen MR) is 88.2 cm³/mol. The first-order valence-corrected chi connectivity index (χ1v) is 9.79. The van der Waals surface area contributed by atoms with Gasteiger partial charge in [0.25, 0.3) is 0 Å². The first kappa shape index (κ1) is 17.9. The normalized spacial score (nSPS) is 17.6. The Bertz CT molecular complexity index is 670. The summed E-state index contributed by atoms with van der Waals surface area (Å²) in [6, 6.07) is 5.86. The van der Waals surface area contributed by atoms with Gasteiger partial charge in [-0.2, -0.15) is 0 Å². The minimum atomic E-state index is -3.47. The molecule has 1 fully saturated rings. The van der Waals surface area contributed by atoms with E-state index in [4.69, 9.17) is 0 Å². The fourth-order valence-electron chi connectivity index (χ4n) is 2.83. The van der Waals surface area contributed by atoms with Crippen LogP contribution in [0.4, 0.5) is 4.39 Å². The molecule has 0 aromatic heterocycles. The van der Waals surface area contributed by atoms with Crippen LogP contribution in [-0.2, 0) is 14.6 Å². The molecule has 1 amide bonds. The van der Waals surface area contributed by atoms with Gasteiger partial charge >= 0.3 is 0 Å². The second-order valence-electron chi connectivity index (χ2n) is 6.18. The van der Waals surface area contributed by atoms with Crippen LogP contribution in [0.25, 0.3) is 0 Å². The van der Waals surface area contributed by atoms with Crippen molar-refractivity contribution in [2.75, 3.05) is 5.75 Å². The molecular formula is C17H24FNO3S. The molecule has 0 spiro atoms. The highest BCUT2D eigenvalue weighted by Gasteiger charge is 2.41. The van der Waals surface area contributed by atoms with Crippen LogP contribution < -0.4 is 0 Å². The van der Waals surface area contributed by atoms with Crippen molar-refractivity contribution in [1.29, 1.82) is 0 Å². The lowest BCUT2D eigenvalue weighted by Gasteiger charge is -2.32. The summed E-state index contributed by atoms with van der Waals surface area (Å²) in [5.41, 5.74) is 0.424. The molecule has 23 heavy (non-hydrogen) atoms. The average Bonchev–Trinajstić information content (AvgIpc) is 3.31. The fraction of sp³-hybridized carbons (Fsp3) is 0.588. The second-order valence-corrected chi connectivity index (χ2v) is 8.62. The van der Waals surface area contributed by atoms with Gasteiger partial charge in [0.05, 0.1) is 11.8 Å². The molecule has 0 saturated heterocycles. The SMILES string of the molecule is CCCS(=O)(=O)[C@@H](C)C(=O)N(C1CC1)[C@@H](C)c1ccccc1F. The van der Waals surface area contributed by atoms with Gasteiger partial charge in [0.1, 0.15) is 11.1 Å². The van der Waals surface area contributed by atoms with Crippen molar-refractivity contribution in [2.45, 2.75) is 57.4 Å². The predicted octanol–water partition coefficient (Wildman–Crippen LogP) is 3.09. The van der Waals surface area contributed by atoms with Crippen molar-refractivity contribution in [3.05, 3.63) is 35.6 Å². The van der Waals surface area contributed by atoms with Gasteiger partial charge in [-0.1, -0.05) is 25.1 Å². The standard InChI is InChI=1S/C17H24FNO3S/c1-4-11-23(21,22)13(3)17(20)19(14-9-10-14)12(2)15-7-5-6-8-16(15)18/h5-8,12-14H,4,9-11H2,1-3H3/t12-,13-/m0/s1. The molecule has 0 bridgehead atoms. The summed E-state index contributed by atoms with van der Waals surface area (Å²) >= 11 is 0. The average molecular weight is 341 g/mol. The molecule has 128 valence electrons. The third-order valence-electron chi connectivity index (χ3n) is 4.34. The number of carbonyl (C=O) groups is 1. The monoisotopic (exact) mass is 341 g/mol. The van der Waals surface area contributed by atoms with Crippen molar-refractivity contribution >= 4 is 15.7 Å². The van der Waals surface area contributed by atoms with E-state index in [-0.39, 0.29) is 17.6 Å². The molecule has 4 nitrogen and oxygen atoms in total. The maximum atomic E-state index is 14.0. The van der Waals surface area contributed by atoms with Crippen LogP contribution in [0, 0.1) is 5.82 Å². The highest BCUT2D eigenvalue weighted by molar-refractivity contribution is 7.92. The highest BCUT2D eigenvalue weighted by atomic mass is 32.2. The Balaban J connectivity index is 2.28.